The quantitative estimate of drug-likeness (QED) is 0.761. The summed E-state index contributed by atoms with van der Waals surface area (Å²) in [5.41, 5.74) is 1.18. The molecular formula is C11H9N5O3. The number of tetrazole rings is 1. The first-order valence-corrected chi connectivity index (χ1v) is 5.20. The second kappa shape index (κ2) is 5.54. The molecule has 0 aliphatic heterocycles. The molecular weight excluding hydrogens is 250 g/mol. The number of amides is 1. The molecule has 1 aromatic heterocycles. The van der Waals surface area contributed by atoms with Crippen molar-refractivity contribution in [3.8, 4) is 5.69 Å². The highest BCUT2D eigenvalue weighted by atomic mass is 16.4. The second-order valence-electron chi connectivity index (χ2n) is 3.47. The summed E-state index contributed by atoms with van der Waals surface area (Å²) >= 11 is 0. The molecule has 0 atom stereocenters. The van der Waals surface area contributed by atoms with E-state index in [1.165, 1.54) is 11.0 Å². The van der Waals surface area contributed by atoms with Gasteiger partial charge < -0.3 is 10.4 Å². The summed E-state index contributed by atoms with van der Waals surface area (Å²) in [5.74, 6) is -1.71. The van der Waals surface area contributed by atoms with Crippen molar-refractivity contribution in [1.29, 1.82) is 0 Å². The highest BCUT2D eigenvalue weighted by molar-refractivity contribution is 6.02. The fraction of sp³-hybridized carbons (Fsp3) is 0. The van der Waals surface area contributed by atoms with Crippen LogP contribution >= 0.6 is 0 Å². The standard InChI is InChI=1S/C11H9N5O3/c17-10(4-5-11(18)19)13-8-2-1-3-9(6-8)16-7-12-14-15-16/h1-7H,(H,13,17)(H,18,19)/b5-4+. The van der Waals surface area contributed by atoms with Gasteiger partial charge >= 0.3 is 5.97 Å². The normalized spacial score (nSPS) is 10.5. The molecule has 1 aromatic carbocycles. The van der Waals surface area contributed by atoms with Crippen LogP contribution in [-0.2, 0) is 9.59 Å². The van der Waals surface area contributed by atoms with E-state index in [0.29, 0.717) is 11.4 Å². The fourth-order valence-electron chi connectivity index (χ4n) is 1.34. The van der Waals surface area contributed by atoms with Crippen LogP contribution in [0.25, 0.3) is 5.69 Å². The van der Waals surface area contributed by atoms with Crippen LogP contribution in [0.5, 0.6) is 0 Å². The van der Waals surface area contributed by atoms with Crippen molar-refractivity contribution in [2.75, 3.05) is 5.32 Å². The van der Waals surface area contributed by atoms with Gasteiger partial charge in [0.1, 0.15) is 6.33 Å². The highest BCUT2D eigenvalue weighted by Crippen LogP contribution is 2.13. The lowest BCUT2D eigenvalue weighted by Gasteiger charge is -2.04. The summed E-state index contributed by atoms with van der Waals surface area (Å²) in [6, 6.07) is 6.80. The SMILES string of the molecule is O=C(O)/C=C/C(=O)Nc1cccc(-n2cnnn2)c1. The molecule has 96 valence electrons. The lowest BCUT2D eigenvalue weighted by atomic mass is 10.2. The lowest BCUT2D eigenvalue weighted by molar-refractivity contribution is -0.131. The third-order valence-corrected chi connectivity index (χ3v) is 2.10. The van der Waals surface area contributed by atoms with E-state index in [-0.39, 0.29) is 0 Å². The van der Waals surface area contributed by atoms with Crippen molar-refractivity contribution in [3.05, 3.63) is 42.7 Å². The maximum absolute atomic E-state index is 11.4. The number of anilines is 1. The van der Waals surface area contributed by atoms with Crippen LogP contribution in [0.2, 0.25) is 0 Å². The van der Waals surface area contributed by atoms with Crippen molar-refractivity contribution < 1.29 is 14.7 Å². The minimum absolute atomic E-state index is 0.507. The van der Waals surface area contributed by atoms with E-state index in [1.807, 2.05) is 0 Å². The second-order valence-corrected chi connectivity index (χ2v) is 3.47. The van der Waals surface area contributed by atoms with E-state index in [9.17, 15) is 9.59 Å². The molecule has 19 heavy (non-hydrogen) atoms. The molecule has 0 spiro atoms. The summed E-state index contributed by atoms with van der Waals surface area (Å²) in [5, 5.41) is 21.7. The number of carbonyl (C=O) groups excluding carboxylic acids is 1. The summed E-state index contributed by atoms with van der Waals surface area (Å²) in [6.45, 7) is 0. The summed E-state index contributed by atoms with van der Waals surface area (Å²) in [7, 11) is 0. The first-order chi connectivity index (χ1) is 9.15. The molecule has 2 aromatic rings. The number of rotatable bonds is 4. The lowest BCUT2D eigenvalue weighted by Crippen LogP contribution is -2.09. The van der Waals surface area contributed by atoms with Crippen molar-refractivity contribution >= 4 is 17.6 Å². The molecule has 0 unspecified atom stereocenters. The fourth-order valence-corrected chi connectivity index (χ4v) is 1.34. The van der Waals surface area contributed by atoms with Crippen molar-refractivity contribution in [3.63, 3.8) is 0 Å². The maximum atomic E-state index is 11.4. The van der Waals surface area contributed by atoms with E-state index >= 15 is 0 Å². The van der Waals surface area contributed by atoms with Crippen molar-refractivity contribution in [2.45, 2.75) is 0 Å². The number of nitrogens with zero attached hydrogens (tertiary/aromatic N) is 4. The Bertz CT molecular complexity index is 621. The zero-order valence-corrected chi connectivity index (χ0v) is 9.59. The van der Waals surface area contributed by atoms with Crippen LogP contribution in [0.15, 0.2) is 42.7 Å². The zero-order valence-electron chi connectivity index (χ0n) is 9.59. The Balaban J connectivity index is 2.12. The molecule has 0 bridgehead atoms. The molecule has 2 N–H and O–H groups in total. The predicted molar refractivity (Wildman–Crippen MR) is 64.6 cm³/mol. The molecule has 0 radical (unpaired) electrons. The van der Waals surface area contributed by atoms with Gasteiger partial charge in [-0.05, 0) is 28.6 Å². The minimum atomic E-state index is -1.18. The topological polar surface area (TPSA) is 110 Å². The third-order valence-electron chi connectivity index (χ3n) is 2.10. The van der Waals surface area contributed by atoms with Gasteiger partial charge in [-0.15, -0.1) is 5.10 Å². The van der Waals surface area contributed by atoms with Crippen LogP contribution in [0, 0.1) is 0 Å². The van der Waals surface area contributed by atoms with Gasteiger partial charge in [0.25, 0.3) is 0 Å². The van der Waals surface area contributed by atoms with Crippen LogP contribution in [0.4, 0.5) is 5.69 Å². The van der Waals surface area contributed by atoms with E-state index in [0.717, 1.165) is 12.2 Å². The van der Waals surface area contributed by atoms with Gasteiger partial charge in [0.15, 0.2) is 0 Å². The van der Waals surface area contributed by atoms with Gasteiger partial charge in [-0.3, -0.25) is 4.79 Å². The van der Waals surface area contributed by atoms with E-state index in [1.54, 1.807) is 24.3 Å². The zero-order chi connectivity index (χ0) is 13.7. The number of aliphatic carboxylic acids is 1. The largest absolute Gasteiger partial charge is 0.478 e. The van der Waals surface area contributed by atoms with Crippen LogP contribution in [0.3, 0.4) is 0 Å². The van der Waals surface area contributed by atoms with Gasteiger partial charge in [0.05, 0.1) is 5.69 Å². The van der Waals surface area contributed by atoms with E-state index < -0.39 is 11.9 Å². The van der Waals surface area contributed by atoms with Crippen LogP contribution < -0.4 is 5.32 Å². The van der Waals surface area contributed by atoms with Crippen LogP contribution in [0.1, 0.15) is 0 Å². The number of carboxylic acid groups (broad SMARTS) is 1. The highest BCUT2D eigenvalue weighted by Gasteiger charge is 2.02. The Morgan fingerprint density at radius 3 is 2.84 bits per heavy atom. The third kappa shape index (κ3) is 3.46. The monoisotopic (exact) mass is 259 g/mol. The van der Waals surface area contributed by atoms with Gasteiger partial charge in [0, 0.05) is 17.8 Å². The Labute approximate surface area is 107 Å². The minimum Gasteiger partial charge on any atom is -0.478 e. The average Bonchev–Trinajstić information content (AvgIpc) is 2.90. The van der Waals surface area contributed by atoms with E-state index in [4.69, 9.17) is 5.11 Å². The molecule has 0 aliphatic rings. The molecule has 1 heterocycles. The predicted octanol–water partition coefficient (Wildman–Crippen LogP) is 0.242. The van der Waals surface area contributed by atoms with Crippen molar-refractivity contribution in [1.82, 2.24) is 20.2 Å². The summed E-state index contributed by atoms with van der Waals surface area (Å²) in [6.07, 6.45) is 3.12. The average molecular weight is 259 g/mol. The Morgan fingerprint density at radius 2 is 2.16 bits per heavy atom. The van der Waals surface area contributed by atoms with Gasteiger partial charge in [0.2, 0.25) is 5.91 Å². The molecule has 1 amide bonds. The first-order valence-electron chi connectivity index (χ1n) is 5.20. The molecule has 2 rings (SSSR count). The molecule has 0 saturated heterocycles. The van der Waals surface area contributed by atoms with Crippen molar-refractivity contribution in [2.24, 2.45) is 0 Å². The molecule has 8 heteroatoms. The molecule has 0 fully saturated rings. The Kier molecular flexibility index (Phi) is 3.62. The number of hydrogen-bond acceptors (Lipinski definition) is 5. The number of hydrogen-bond donors (Lipinski definition) is 2. The Morgan fingerprint density at radius 1 is 1.32 bits per heavy atom. The number of nitrogens with one attached hydrogen (secondary N) is 1. The van der Waals surface area contributed by atoms with Gasteiger partial charge in [-0.25, -0.2) is 9.48 Å². The number of benzene rings is 1. The first kappa shape index (κ1) is 12.4. The van der Waals surface area contributed by atoms with Gasteiger partial charge in [-0.1, -0.05) is 6.07 Å². The molecule has 0 aliphatic carbocycles. The Hall–Kier alpha value is -3.03. The molecule has 0 saturated carbocycles. The maximum Gasteiger partial charge on any atom is 0.328 e. The van der Waals surface area contributed by atoms with Crippen LogP contribution in [-0.4, -0.2) is 37.2 Å². The molecule has 8 nitrogen and oxygen atoms in total. The number of aromatic nitrogens is 4. The number of carbonyl (C=O) groups is 2. The summed E-state index contributed by atoms with van der Waals surface area (Å²) < 4.78 is 1.43. The van der Waals surface area contributed by atoms with Gasteiger partial charge in [-0.2, -0.15) is 0 Å². The smallest absolute Gasteiger partial charge is 0.328 e. The number of carboxylic acids is 1. The summed E-state index contributed by atoms with van der Waals surface area (Å²) in [4.78, 5) is 21.7. The van der Waals surface area contributed by atoms with E-state index in [2.05, 4.69) is 20.8 Å².